The fourth-order valence-electron chi connectivity index (χ4n) is 3.79. The van der Waals surface area contributed by atoms with Gasteiger partial charge in [-0.05, 0) is 63.1 Å². The van der Waals surface area contributed by atoms with Crippen molar-refractivity contribution in [3.8, 4) is 5.75 Å². The summed E-state index contributed by atoms with van der Waals surface area (Å²) in [6, 6.07) is 9.59. The summed E-state index contributed by atoms with van der Waals surface area (Å²) >= 11 is 6.12. The molecule has 2 aromatic carbocycles. The van der Waals surface area contributed by atoms with Gasteiger partial charge in [-0.3, -0.25) is 4.79 Å². The lowest BCUT2D eigenvalue weighted by Crippen LogP contribution is -2.54. The molecule has 0 spiro atoms. The maximum absolute atomic E-state index is 12.9. The minimum Gasteiger partial charge on any atom is -0.492 e. The molecule has 1 atom stereocenters. The topological polar surface area (TPSA) is 78.9 Å². The number of amides is 1. The van der Waals surface area contributed by atoms with Crippen molar-refractivity contribution in [3.05, 3.63) is 52.5 Å². The minimum absolute atomic E-state index is 0.00894. The van der Waals surface area contributed by atoms with E-state index in [1.54, 1.807) is 11.8 Å². The van der Waals surface area contributed by atoms with E-state index in [-0.39, 0.29) is 15.8 Å². The monoisotopic (exact) mass is 479 g/mol. The van der Waals surface area contributed by atoms with E-state index in [2.05, 4.69) is 35.6 Å². The summed E-state index contributed by atoms with van der Waals surface area (Å²) in [7, 11) is -3.91. The van der Waals surface area contributed by atoms with Crippen LogP contribution in [0.3, 0.4) is 0 Å². The van der Waals surface area contributed by atoms with Gasteiger partial charge < -0.3 is 14.5 Å². The third-order valence-electron chi connectivity index (χ3n) is 5.72. The van der Waals surface area contributed by atoms with Gasteiger partial charge >= 0.3 is 0 Å². The standard InChI is InChI=1S/C23H30ClN3O4S/c1-5-31-22-10-9-19(15-20(22)24)32(29,30)25-18(4)23(28)27-13-11-26(12-14-27)21-8-6-7-16(2)17(21)3/h6-10,15,18,25H,5,11-14H2,1-4H3/t18-/m0/s1. The number of benzene rings is 2. The Hall–Kier alpha value is -2.29. The lowest BCUT2D eigenvalue weighted by Gasteiger charge is -2.38. The molecular weight excluding hydrogens is 450 g/mol. The number of carbonyl (C=O) groups is 1. The number of aryl methyl sites for hydroxylation is 1. The first-order valence-electron chi connectivity index (χ1n) is 10.7. The highest BCUT2D eigenvalue weighted by molar-refractivity contribution is 7.89. The molecule has 0 aromatic heterocycles. The molecule has 32 heavy (non-hydrogen) atoms. The molecule has 1 aliphatic heterocycles. The van der Waals surface area contributed by atoms with Crippen molar-refractivity contribution in [3.63, 3.8) is 0 Å². The molecule has 174 valence electrons. The van der Waals surface area contributed by atoms with Crippen LogP contribution in [0.5, 0.6) is 5.75 Å². The van der Waals surface area contributed by atoms with Gasteiger partial charge in [-0.25, -0.2) is 8.42 Å². The van der Waals surface area contributed by atoms with Crippen molar-refractivity contribution in [2.24, 2.45) is 0 Å². The van der Waals surface area contributed by atoms with E-state index < -0.39 is 16.1 Å². The van der Waals surface area contributed by atoms with Gasteiger partial charge in [0.05, 0.1) is 22.6 Å². The molecule has 1 saturated heterocycles. The summed E-state index contributed by atoms with van der Waals surface area (Å²) in [6.07, 6.45) is 0. The number of halogens is 1. The Morgan fingerprint density at radius 2 is 1.84 bits per heavy atom. The molecule has 9 heteroatoms. The molecule has 1 amide bonds. The van der Waals surface area contributed by atoms with Crippen LogP contribution in [-0.2, 0) is 14.8 Å². The number of nitrogens with zero attached hydrogens (tertiary/aromatic N) is 2. The predicted molar refractivity (Wildman–Crippen MR) is 127 cm³/mol. The van der Waals surface area contributed by atoms with Crippen LogP contribution in [0, 0.1) is 13.8 Å². The van der Waals surface area contributed by atoms with Gasteiger partial charge in [0.15, 0.2) is 0 Å². The summed E-state index contributed by atoms with van der Waals surface area (Å²) in [6.45, 7) is 10.5. The van der Waals surface area contributed by atoms with Crippen molar-refractivity contribution in [1.29, 1.82) is 0 Å². The van der Waals surface area contributed by atoms with Gasteiger partial charge in [-0.2, -0.15) is 4.72 Å². The zero-order chi connectivity index (χ0) is 23.5. The fraction of sp³-hybridized carbons (Fsp3) is 0.435. The highest BCUT2D eigenvalue weighted by Crippen LogP contribution is 2.28. The second-order valence-electron chi connectivity index (χ2n) is 7.90. The normalized spacial score (nSPS) is 15.5. The largest absolute Gasteiger partial charge is 0.492 e. The van der Waals surface area contributed by atoms with E-state index in [0.717, 1.165) is 0 Å². The second kappa shape index (κ2) is 10.1. The number of hydrogen-bond acceptors (Lipinski definition) is 5. The Morgan fingerprint density at radius 3 is 2.47 bits per heavy atom. The first-order valence-corrected chi connectivity index (χ1v) is 12.5. The third kappa shape index (κ3) is 5.36. The van der Waals surface area contributed by atoms with Gasteiger partial charge in [0.1, 0.15) is 5.75 Å². The average Bonchev–Trinajstić information content (AvgIpc) is 2.76. The van der Waals surface area contributed by atoms with Gasteiger partial charge in [0.2, 0.25) is 15.9 Å². The molecule has 1 aliphatic rings. The van der Waals surface area contributed by atoms with Gasteiger partial charge in [-0.15, -0.1) is 0 Å². The third-order valence-corrected chi connectivity index (χ3v) is 7.56. The van der Waals surface area contributed by atoms with E-state index >= 15 is 0 Å². The smallest absolute Gasteiger partial charge is 0.241 e. The highest BCUT2D eigenvalue weighted by Gasteiger charge is 2.29. The number of nitrogens with one attached hydrogen (secondary N) is 1. The molecule has 0 radical (unpaired) electrons. The summed E-state index contributed by atoms with van der Waals surface area (Å²) in [4.78, 5) is 16.9. The zero-order valence-corrected chi connectivity index (χ0v) is 20.5. The maximum Gasteiger partial charge on any atom is 0.241 e. The molecule has 1 heterocycles. The molecule has 1 fully saturated rings. The van der Waals surface area contributed by atoms with E-state index in [9.17, 15) is 13.2 Å². The minimum atomic E-state index is -3.91. The zero-order valence-electron chi connectivity index (χ0n) is 18.9. The summed E-state index contributed by atoms with van der Waals surface area (Å²) in [5.74, 6) is 0.171. The van der Waals surface area contributed by atoms with Crippen molar-refractivity contribution in [2.45, 2.75) is 38.6 Å². The van der Waals surface area contributed by atoms with E-state index in [1.165, 1.54) is 35.0 Å². The van der Waals surface area contributed by atoms with Crippen molar-refractivity contribution < 1.29 is 17.9 Å². The number of rotatable bonds is 7. The molecule has 1 N–H and O–H groups in total. The fourth-order valence-corrected chi connectivity index (χ4v) is 5.31. The molecule has 3 rings (SSSR count). The van der Waals surface area contributed by atoms with Crippen LogP contribution in [0.25, 0.3) is 0 Å². The molecule has 2 aromatic rings. The first kappa shape index (κ1) is 24.4. The number of hydrogen-bond donors (Lipinski definition) is 1. The van der Waals surface area contributed by atoms with E-state index in [4.69, 9.17) is 16.3 Å². The Labute approximate surface area is 195 Å². The van der Waals surface area contributed by atoms with Gasteiger partial charge in [0, 0.05) is 31.9 Å². The number of piperazine rings is 1. The van der Waals surface area contributed by atoms with Crippen LogP contribution in [0.4, 0.5) is 5.69 Å². The Morgan fingerprint density at radius 1 is 1.16 bits per heavy atom. The van der Waals surface area contributed by atoms with Crippen molar-refractivity contribution >= 4 is 33.2 Å². The summed E-state index contributed by atoms with van der Waals surface area (Å²) in [5.41, 5.74) is 3.65. The molecule has 7 nitrogen and oxygen atoms in total. The second-order valence-corrected chi connectivity index (χ2v) is 10.0. The highest BCUT2D eigenvalue weighted by atomic mass is 35.5. The first-order chi connectivity index (χ1) is 15.1. The Bertz CT molecular complexity index is 1080. The molecule has 0 aliphatic carbocycles. The summed E-state index contributed by atoms with van der Waals surface area (Å²) < 4.78 is 33.4. The quantitative estimate of drug-likeness (QED) is 0.658. The number of anilines is 1. The summed E-state index contributed by atoms with van der Waals surface area (Å²) in [5, 5.41) is 0.205. The van der Waals surface area contributed by atoms with Crippen LogP contribution in [-0.4, -0.2) is 58.1 Å². The predicted octanol–water partition coefficient (Wildman–Crippen LogP) is 3.37. The van der Waals surface area contributed by atoms with Crippen LogP contribution in [0.2, 0.25) is 5.02 Å². The number of carbonyl (C=O) groups excluding carboxylic acids is 1. The van der Waals surface area contributed by atoms with Crippen LogP contribution in [0.15, 0.2) is 41.3 Å². The lowest BCUT2D eigenvalue weighted by atomic mass is 10.1. The van der Waals surface area contributed by atoms with Crippen molar-refractivity contribution in [2.75, 3.05) is 37.7 Å². The van der Waals surface area contributed by atoms with Gasteiger partial charge in [-0.1, -0.05) is 23.7 Å². The molecular formula is C23H30ClN3O4S. The Balaban J connectivity index is 1.62. The molecule has 0 unspecified atom stereocenters. The average molecular weight is 480 g/mol. The molecule has 0 saturated carbocycles. The van der Waals surface area contributed by atoms with Crippen LogP contribution >= 0.6 is 11.6 Å². The SMILES string of the molecule is CCOc1ccc(S(=O)(=O)N[C@@H](C)C(=O)N2CCN(c3cccc(C)c3C)CC2)cc1Cl. The maximum atomic E-state index is 12.9. The van der Waals surface area contributed by atoms with E-state index in [1.807, 2.05) is 13.0 Å². The number of ether oxygens (including phenoxy) is 1. The molecule has 0 bridgehead atoms. The van der Waals surface area contributed by atoms with Crippen molar-refractivity contribution in [1.82, 2.24) is 9.62 Å². The van der Waals surface area contributed by atoms with E-state index in [0.29, 0.717) is 38.5 Å². The number of sulfonamides is 1. The lowest BCUT2D eigenvalue weighted by molar-refractivity contribution is -0.132. The Kier molecular flexibility index (Phi) is 7.69. The van der Waals surface area contributed by atoms with Crippen LogP contribution < -0.4 is 14.4 Å². The van der Waals surface area contributed by atoms with Crippen LogP contribution in [0.1, 0.15) is 25.0 Å². The van der Waals surface area contributed by atoms with Gasteiger partial charge in [0.25, 0.3) is 0 Å².